The number of hydrogen-bond donors (Lipinski definition) is 3. The van der Waals surface area contributed by atoms with Gasteiger partial charge >= 0.3 is 0 Å². The van der Waals surface area contributed by atoms with Gasteiger partial charge in [-0.25, -0.2) is 0 Å². The predicted molar refractivity (Wildman–Crippen MR) is 87.7 cm³/mol. The zero-order valence-electron chi connectivity index (χ0n) is 12.9. The monoisotopic (exact) mass is 329 g/mol. The molecule has 0 aliphatic heterocycles. The van der Waals surface area contributed by atoms with Crippen molar-refractivity contribution in [3.8, 4) is 5.75 Å². The number of benzene rings is 1. The molecule has 5 N–H and O–H groups in total. The molecule has 0 spiro atoms. The lowest BCUT2D eigenvalue weighted by molar-refractivity contribution is -0.126. The fourth-order valence-corrected chi connectivity index (χ4v) is 1.92. The van der Waals surface area contributed by atoms with Crippen molar-refractivity contribution in [2.45, 2.75) is 38.8 Å². The minimum atomic E-state index is -0.866. The van der Waals surface area contributed by atoms with Crippen molar-refractivity contribution in [3.63, 3.8) is 0 Å². The molecule has 0 aliphatic rings. The normalized spacial score (nSPS) is 12.7. The zero-order valence-corrected chi connectivity index (χ0v) is 13.7. The van der Waals surface area contributed by atoms with E-state index in [-0.39, 0.29) is 24.9 Å². The third-order valence-electron chi connectivity index (χ3n) is 3.02. The molecule has 1 aromatic rings. The van der Waals surface area contributed by atoms with Crippen molar-refractivity contribution in [1.29, 1.82) is 0 Å². The summed E-state index contributed by atoms with van der Waals surface area (Å²) in [5.74, 6) is -0.190. The Balaban J connectivity index is 0.00000441. The maximum Gasteiger partial charge on any atom is 0.255 e. The van der Waals surface area contributed by atoms with Gasteiger partial charge in [0.05, 0.1) is 5.54 Å². The molecule has 0 saturated heterocycles. The lowest BCUT2D eigenvalue weighted by Crippen LogP contribution is -2.51. The van der Waals surface area contributed by atoms with Gasteiger partial charge in [-0.3, -0.25) is 9.59 Å². The van der Waals surface area contributed by atoms with Crippen LogP contribution in [0.3, 0.4) is 0 Å². The van der Waals surface area contributed by atoms with E-state index in [1.807, 2.05) is 13.0 Å². The van der Waals surface area contributed by atoms with Crippen LogP contribution in [0.4, 0.5) is 0 Å². The average Bonchev–Trinajstić information content (AvgIpc) is 2.43. The Labute approximate surface area is 137 Å². The number of amides is 2. The fraction of sp³-hybridized carbons (Fsp3) is 0.467. The molecule has 1 unspecified atom stereocenters. The second-order valence-corrected chi connectivity index (χ2v) is 5.25. The Kier molecular flexibility index (Phi) is 8.52. The molecular formula is C15H24ClN3O3. The molecule has 7 heteroatoms. The van der Waals surface area contributed by atoms with Gasteiger partial charge in [0.15, 0.2) is 6.61 Å². The smallest absolute Gasteiger partial charge is 0.255 e. The van der Waals surface area contributed by atoms with Crippen molar-refractivity contribution in [2.24, 2.45) is 11.5 Å². The molecule has 1 atom stereocenters. The van der Waals surface area contributed by atoms with Gasteiger partial charge in [0.25, 0.3) is 5.91 Å². The number of primary amides is 1. The van der Waals surface area contributed by atoms with E-state index in [1.54, 1.807) is 25.1 Å². The van der Waals surface area contributed by atoms with E-state index in [2.05, 4.69) is 5.32 Å². The minimum Gasteiger partial charge on any atom is -0.484 e. The molecule has 1 rings (SSSR count). The number of nitrogens with one attached hydrogen (secondary N) is 1. The quantitative estimate of drug-likeness (QED) is 0.663. The number of carbonyl (C=O) groups is 2. The van der Waals surface area contributed by atoms with Crippen LogP contribution in [0.1, 0.15) is 32.3 Å². The summed E-state index contributed by atoms with van der Waals surface area (Å²) in [7, 11) is 0. The van der Waals surface area contributed by atoms with Crippen LogP contribution < -0.4 is 21.5 Å². The van der Waals surface area contributed by atoms with Crippen LogP contribution in [0, 0.1) is 0 Å². The minimum absolute atomic E-state index is 0. The Morgan fingerprint density at radius 2 is 2.05 bits per heavy atom. The third kappa shape index (κ3) is 6.78. The SMILES string of the molecule is CCCC(C)(N)C(=O)NCc1cccc(OCC(N)=O)c1.Cl. The number of hydrogen-bond acceptors (Lipinski definition) is 4. The average molecular weight is 330 g/mol. The molecule has 0 aromatic heterocycles. The van der Waals surface area contributed by atoms with E-state index in [0.29, 0.717) is 18.7 Å². The first-order chi connectivity index (χ1) is 9.85. The van der Waals surface area contributed by atoms with Crippen LogP contribution in [-0.4, -0.2) is 24.0 Å². The Hall–Kier alpha value is -1.79. The van der Waals surface area contributed by atoms with Gasteiger partial charge in [-0.05, 0) is 31.0 Å². The second-order valence-electron chi connectivity index (χ2n) is 5.25. The Morgan fingerprint density at radius 3 is 2.64 bits per heavy atom. The molecular weight excluding hydrogens is 306 g/mol. The van der Waals surface area contributed by atoms with Crippen LogP contribution in [-0.2, 0) is 16.1 Å². The molecule has 0 saturated carbocycles. The molecule has 0 bridgehead atoms. The van der Waals surface area contributed by atoms with E-state index in [0.717, 1.165) is 12.0 Å². The van der Waals surface area contributed by atoms with Crippen molar-refractivity contribution >= 4 is 24.2 Å². The van der Waals surface area contributed by atoms with Crippen molar-refractivity contribution in [2.75, 3.05) is 6.61 Å². The molecule has 6 nitrogen and oxygen atoms in total. The summed E-state index contributed by atoms with van der Waals surface area (Å²) in [6.45, 7) is 3.88. The molecule has 2 amide bonds. The van der Waals surface area contributed by atoms with Crippen molar-refractivity contribution < 1.29 is 14.3 Å². The number of ether oxygens (including phenoxy) is 1. The number of nitrogens with two attached hydrogens (primary N) is 2. The van der Waals surface area contributed by atoms with Gasteiger partial charge in [-0.1, -0.05) is 25.5 Å². The summed E-state index contributed by atoms with van der Waals surface area (Å²) in [4.78, 5) is 22.7. The summed E-state index contributed by atoms with van der Waals surface area (Å²) in [5.41, 5.74) is 11.0. The van der Waals surface area contributed by atoms with Gasteiger partial charge in [0, 0.05) is 6.54 Å². The molecule has 22 heavy (non-hydrogen) atoms. The largest absolute Gasteiger partial charge is 0.484 e. The molecule has 0 heterocycles. The fourth-order valence-electron chi connectivity index (χ4n) is 1.92. The first-order valence-electron chi connectivity index (χ1n) is 6.92. The van der Waals surface area contributed by atoms with Crippen LogP contribution in [0.25, 0.3) is 0 Å². The third-order valence-corrected chi connectivity index (χ3v) is 3.02. The van der Waals surface area contributed by atoms with E-state index in [1.165, 1.54) is 0 Å². The van der Waals surface area contributed by atoms with Crippen LogP contribution in [0.15, 0.2) is 24.3 Å². The highest BCUT2D eigenvalue weighted by molar-refractivity contribution is 5.85. The maximum atomic E-state index is 12.0. The summed E-state index contributed by atoms with van der Waals surface area (Å²) in [5, 5.41) is 2.81. The summed E-state index contributed by atoms with van der Waals surface area (Å²) >= 11 is 0. The standard InChI is InChI=1S/C15H23N3O3.ClH/c1-3-7-15(2,17)14(20)18-9-11-5-4-6-12(8-11)21-10-13(16)19;/h4-6,8H,3,7,9-10,17H2,1-2H3,(H2,16,19)(H,18,20);1H. The molecule has 1 aromatic carbocycles. The zero-order chi connectivity index (χ0) is 15.9. The van der Waals surface area contributed by atoms with Crippen molar-refractivity contribution in [3.05, 3.63) is 29.8 Å². The Morgan fingerprint density at radius 1 is 1.36 bits per heavy atom. The lowest BCUT2D eigenvalue weighted by atomic mass is 9.96. The van der Waals surface area contributed by atoms with Gasteiger partial charge in [0.1, 0.15) is 5.75 Å². The van der Waals surface area contributed by atoms with E-state index in [4.69, 9.17) is 16.2 Å². The van der Waals surface area contributed by atoms with E-state index in [9.17, 15) is 9.59 Å². The summed E-state index contributed by atoms with van der Waals surface area (Å²) in [6.07, 6.45) is 1.47. The van der Waals surface area contributed by atoms with Gasteiger partial charge in [0.2, 0.25) is 5.91 Å². The lowest BCUT2D eigenvalue weighted by Gasteiger charge is -2.22. The number of halogens is 1. The van der Waals surface area contributed by atoms with Gasteiger partial charge < -0.3 is 21.5 Å². The first-order valence-corrected chi connectivity index (χ1v) is 6.92. The van der Waals surface area contributed by atoms with E-state index < -0.39 is 11.4 Å². The molecule has 0 radical (unpaired) electrons. The molecule has 0 fully saturated rings. The molecule has 0 aliphatic carbocycles. The highest BCUT2D eigenvalue weighted by atomic mass is 35.5. The van der Waals surface area contributed by atoms with Gasteiger partial charge in [-0.15, -0.1) is 12.4 Å². The van der Waals surface area contributed by atoms with Crippen molar-refractivity contribution in [1.82, 2.24) is 5.32 Å². The highest BCUT2D eigenvalue weighted by Gasteiger charge is 2.26. The highest BCUT2D eigenvalue weighted by Crippen LogP contribution is 2.14. The van der Waals surface area contributed by atoms with Crippen LogP contribution in [0.5, 0.6) is 5.75 Å². The Bertz CT molecular complexity index is 507. The summed E-state index contributed by atoms with van der Waals surface area (Å²) < 4.78 is 5.21. The van der Waals surface area contributed by atoms with Gasteiger partial charge in [-0.2, -0.15) is 0 Å². The molecule has 124 valence electrons. The topological polar surface area (TPSA) is 107 Å². The first kappa shape index (κ1) is 20.2. The van der Waals surface area contributed by atoms with E-state index >= 15 is 0 Å². The van der Waals surface area contributed by atoms with Crippen LogP contribution in [0.2, 0.25) is 0 Å². The predicted octanol–water partition coefficient (Wildman–Crippen LogP) is 1.11. The number of carbonyl (C=O) groups excluding carboxylic acids is 2. The second kappa shape index (κ2) is 9.27. The number of rotatable bonds is 8. The van der Waals surface area contributed by atoms with Crippen LogP contribution >= 0.6 is 12.4 Å². The summed E-state index contributed by atoms with van der Waals surface area (Å²) in [6, 6.07) is 7.10. The maximum absolute atomic E-state index is 12.0.